The lowest BCUT2D eigenvalue weighted by molar-refractivity contribution is -0.127. The number of Topliss-reactive ketones (excluding diaryl/α,β-unsaturated/α-hetero) is 1. The van der Waals surface area contributed by atoms with Crippen LogP contribution in [-0.2, 0) is 9.53 Å². The molecule has 144 valence electrons. The van der Waals surface area contributed by atoms with Crippen molar-refractivity contribution in [3.05, 3.63) is 53.6 Å². The molecule has 0 aliphatic rings. The van der Waals surface area contributed by atoms with E-state index in [-0.39, 0.29) is 12.3 Å². The van der Waals surface area contributed by atoms with Gasteiger partial charge in [-0.05, 0) is 24.6 Å². The minimum absolute atomic E-state index is 0.00982. The van der Waals surface area contributed by atoms with Crippen molar-refractivity contribution >= 4 is 11.5 Å². The van der Waals surface area contributed by atoms with Gasteiger partial charge in [-0.2, -0.15) is 0 Å². The second kappa shape index (κ2) is 9.73. The molecule has 0 aromatic heterocycles. The number of carbonyl (C=O) groups is 1. The minimum atomic E-state index is -0.636. The van der Waals surface area contributed by atoms with Gasteiger partial charge in [0.15, 0.2) is 17.3 Å². The summed E-state index contributed by atoms with van der Waals surface area (Å²) in [5, 5.41) is 0. The average Bonchev–Trinajstić information content (AvgIpc) is 2.72. The predicted octanol–water partition coefficient (Wildman–Crippen LogP) is 3.48. The Morgan fingerprint density at radius 1 is 0.963 bits per heavy atom. The maximum Gasteiger partial charge on any atom is 0.203 e. The molecule has 0 N–H and O–H groups in total. The van der Waals surface area contributed by atoms with Crippen LogP contribution in [0.5, 0.6) is 17.2 Å². The summed E-state index contributed by atoms with van der Waals surface area (Å²) in [5.74, 6) is 1.46. The number of nitrogens with zero attached hydrogens (tertiary/aromatic N) is 1. The summed E-state index contributed by atoms with van der Waals surface area (Å²) in [4.78, 5) is 17.0. The fourth-order valence-corrected chi connectivity index (χ4v) is 2.74. The fourth-order valence-electron chi connectivity index (χ4n) is 2.74. The second-order valence-electron chi connectivity index (χ2n) is 5.81. The first-order valence-corrected chi connectivity index (χ1v) is 8.47. The standard InChI is InChI=1S/C21H25NO5/c1-14(16-11-18(24-2)21(27-5)19(12-16)25-3)22-13-17(23)20(26-4)15-9-7-6-8-10-15/h6-12,20H,13H2,1-5H3. The van der Waals surface area contributed by atoms with Gasteiger partial charge in [-0.25, -0.2) is 0 Å². The zero-order valence-corrected chi connectivity index (χ0v) is 16.3. The van der Waals surface area contributed by atoms with E-state index >= 15 is 0 Å². The van der Waals surface area contributed by atoms with Crippen LogP contribution in [0.25, 0.3) is 0 Å². The summed E-state index contributed by atoms with van der Waals surface area (Å²) in [6.07, 6.45) is -0.636. The van der Waals surface area contributed by atoms with Crippen LogP contribution in [0, 0.1) is 0 Å². The van der Waals surface area contributed by atoms with E-state index < -0.39 is 6.10 Å². The average molecular weight is 371 g/mol. The predicted molar refractivity (Wildman–Crippen MR) is 104 cm³/mol. The van der Waals surface area contributed by atoms with E-state index in [1.165, 1.54) is 7.11 Å². The first-order valence-electron chi connectivity index (χ1n) is 8.47. The third kappa shape index (κ3) is 4.86. The minimum Gasteiger partial charge on any atom is -0.493 e. The topological polar surface area (TPSA) is 66.4 Å². The van der Waals surface area contributed by atoms with Gasteiger partial charge in [0.2, 0.25) is 5.75 Å². The van der Waals surface area contributed by atoms with Gasteiger partial charge in [0.25, 0.3) is 0 Å². The molecule has 2 aromatic carbocycles. The second-order valence-corrected chi connectivity index (χ2v) is 5.81. The molecule has 2 rings (SSSR count). The van der Waals surface area contributed by atoms with Gasteiger partial charge in [-0.15, -0.1) is 0 Å². The highest BCUT2D eigenvalue weighted by molar-refractivity contribution is 6.01. The summed E-state index contributed by atoms with van der Waals surface area (Å²) in [6.45, 7) is 1.84. The Balaban J connectivity index is 2.23. The number of ether oxygens (including phenoxy) is 4. The Morgan fingerprint density at radius 2 is 1.56 bits per heavy atom. The van der Waals surface area contributed by atoms with Gasteiger partial charge < -0.3 is 18.9 Å². The molecule has 0 fully saturated rings. The van der Waals surface area contributed by atoms with Crippen molar-refractivity contribution in [3.8, 4) is 17.2 Å². The third-order valence-corrected chi connectivity index (χ3v) is 4.19. The van der Waals surface area contributed by atoms with E-state index in [4.69, 9.17) is 18.9 Å². The van der Waals surface area contributed by atoms with Crippen LogP contribution in [0.4, 0.5) is 0 Å². The SMILES string of the molecule is COc1cc(C(C)=NCC(=O)C(OC)c2ccccc2)cc(OC)c1OC. The molecule has 0 spiro atoms. The molecule has 1 unspecified atom stereocenters. The molecule has 0 aliphatic heterocycles. The number of methoxy groups -OCH3 is 4. The zero-order valence-electron chi connectivity index (χ0n) is 16.3. The Kier molecular flexibility index (Phi) is 7.37. The van der Waals surface area contributed by atoms with Crippen molar-refractivity contribution in [2.24, 2.45) is 4.99 Å². The maximum atomic E-state index is 12.6. The van der Waals surface area contributed by atoms with Crippen LogP contribution in [0.15, 0.2) is 47.5 Å². The van der Waals surface area contributed by atoms with Gasteiger partial charge >= 0.3 is 0 Å². The highest BCUT2D eigenvalue weighted by Gasteiger charge is 2.20. The largest absolute Gasteiger partial charge is 0.493 e. The molecule has 0 aliphatic carbocycles. The van der Waals surface area contributed by atoms with Crippen LogP contribution in [0.1, 0.15) is 24.2 Å². The van der Waals surface area contributed by atoms with Crippen molar-refractivity contribution in [1.29, 1.82) is 0 Å². The van der Waals surface area contributed by atoms with Crippen LogP contribution in [0.2, 0.25) is 0 Å². The summed E-state index contributed by atoms with van der Waals surface area (Å²) < 4.78 is 21.4. The Labute approximate surface area is 159 Å². The Bertz CT molecular complexity index is 776. The number of hydrogen-bond acceptors (Lipinski definition) is 6. The van der Waals surface area contributed by atoms with Crippen molar-refractivity contribution in [3.63, 3.8) is 0 Å². The van der Waals surface area contributed by atoms with Crippen LogP contribution < -0.4 is 14.2 Å². The van der Waals surface area contributed by atoms with Gasteiger partial charge in [0.1, 0.15) is 12.6 Å². The van der Waals surface area contributed by atoms with Gasteiger partial charge in [0, 0.05) is 18.4 Å². The molecule has 0 bridgehead atoms. The summed E-state index contributed by atoms with van der Waals surface area (Å²) >= 11 is 0. The summed E-state index contributed by atoms with van der Waals surface area (Å²) in [6, 6.07) is 13.0. The molecule has 6 heteroatoms. The lowest BCUT2D eigenvalue weighted by atomic mass is 10.1. The number of rotatable bonds is 9. The van der Waals surface area contributed by atoms with E-state index in [9.17, 15) is 4.79 Å². The van der Waals surface area contributed by atoms with E-state index in [2.05, 4.69) is 4.99 Å². The number of ketones is 1. The first-order chi connectivity index (χ1) is 13.0. The van der Waals surface area contributed by atoms with Crippen LogP contribution >= 0.6 is 0 Å². The monoisotopic (exact) mass is 371 g/mol. The molecular formula is C21H25NO5. The van der Waals surface area contributed by atoms with Gasteiger partial charge in [0.05, 0.1) is 21.3 Å². The molecule has 2 aromatic rings. The summed E-state index contributed by atoms with van der Waals surface area (Å²) in [7, 11) is 6.18. The molecule has 0 saturated heterocycles. The smallest absolute Gasteiger partial charge is 0.203 e. The van der Waals surface area contributed by atoms with Crippen molar-refractivity contribution < 1.29 is 23.7 Å². The van der Waals surface area contributed by atoms with Crippen molar-refractivity contribution in [2.75, 3.05) is 35.0 Å². The lowest BCUT2D eigenvalue weighted by Crippen LogP contribution is -2.18. The first kappa shape index (κ1) is 20.5. The van der Waals surface area contributed by atoms with Gasteiger partial charge in [-0.3, -0.25) is 9.79 Å². The molecular weight excluding hydrogens is 346 g/mol. The van der Waals surface area contributed by atoms with Crippen LogP contribution in [-0.4, -0.2) is 46.5 Å². The molecule has 27 heavy (non-hydrogen) atoms. The van der Waals surface area contributed by atoms with E-state index in [0.29, 0.717) is 23.0 Å². The molecule has 6 nitrogen and oxygen atoms in total. The van der Waals surface area contributed by atoms with Crippen molar-refractivity contribution in [2.45, 2.75) is 13.0 Å². The molecule has 1 atom stereocenters. The molecule has 0 heterocycles. The maximum absolute atomic E-state index is 12.6. The lowest BCUT2D eigenvalue weighted by Gasteiger charge is -2.15. The van der Waals surface area contributed by atoms with E-state index in [1.807, 2.05) is 37.3 Å². The normalized spacial score (nSPS) is 12.4. The molecule has 0 radical (unpaired) electrons. The number of benzene rings is 2. The highest BCUT2D eigenvalue weighted by atomic mass is 16.5. The Morgan fingerprint density at radius 3 is 2.04 bits per heavy atom. The van der Waals surface area contributed by atoms with Crippen LogP contribution in [0.3, 0.4) is 0 Å². The summed E-state index contributed by atoms with van der Waals surface area (Å²) in [5.41, 5.74) is 2.28. The molecule has 0 saturated carbocycles. The number of aliphatic imine (C=N–C) groups is 1. The van der Waals surface area contributed by atoms with Crippen molar-refractivity contribution in [1.82, 2.24) is 0 Å². The number of carbonyl (C=O) groups excluding carboxylic acids is 1. The van der Waals surface area contributed by atoms with E-state index in [0.717, 1.165) is 11.1 Å². The zero-order chi connectivity index (χ0) is 19.8. The third-order valence-electron chi connectivity index (χ3n) is 4.19. The number of hydrogen-bond donors (Lipinski definition) is 0. The molecule has 0 amide bonds. The Hall–Kier alpha value is -2.86. The fraction of sp³-hybridized carbons (Fsp3) is 0.333. The van der Waals surface area contributed by atoms with E-state index in [1.54, 1.807) is 33.5 Å². The quantitative estimate of drug-likeness (QED) is 0.632. The van der Waals surface area contributed by atoms with Gasteiger partial charge in [-0.1, -0.05) is 30.3 Å². The highest BCUT2D eigenvalue weighted by Crippen LogP contribution is 2.38.